The molecule has 37 heavy (non-hydrogen) atoms. The molecule has 0 unspecified atom stereocenters. The van der Waals surface area contributed by atoms with Crippen LogP contribution in [-0.4, -0.2) is 27.8 Å². The minimum absolute atomic E-state index is 0.0539. The van der Waals surface area contributed by atoms with E-state index in [4.69, 9.17) is 11.6 Å². The fraction of sp³-hybridized carbons (Fsp3) is 0.0690. The number of halogens is 1. The number of aryl methyl sites for hydroxylation is 2. The van der Waals surface area contributed by atoms with Gasteiger partial charge >= 0.3 is 5.97 Å². The highest BCUT2D eigenvalue weighted by Gasteiger charge is 2.35. The van der Waals surface area contributed by atoms with Crippen LogP contribution in [-0.2, 0) is 4.79 Å². The average Bonchev–Trinajstić information content (AvgIpc) is 3.17. The second kappa shape index (κ2) is 9.44. The normalized spacial score (nSPS) is 13.6. The van der Waals surface area contributed by atoms with Gasteiger partial charge in [-0.3, -0.25) is 15.1 Å². The summed E-state index contributed by atoms with van der Waals surface area (Å²) in [5, 5.41) is 25.2. The number of phenols is 1. The van der Waals surface area contributed by atoms with E-state index in [0.717, 1.165) is 16.7 Å². The molecule has 3 N–H and O–H groups in total. The molecule has 0 atom stereocenters. The highest BCUT2D eigenvalue weighted by Crippen LogP contribution is 2.40. The highest BCUT2D eigenvalue weighted by molar-refractivity contribution is 6.55. The number of aromatic hydroxyl groups is 1. The number of carbonyl (C=O) groups is 2. The summed E-state index contributed by atoms with van der Waals surface area (Å²) < 4.78 is 0. The molecule has 184 valence electrons. The van der Waals surface area contributed by atoms with Crippen LogP contribution in [0.25, 0.3) is 11.1 Å². The number of aromatic carboxylic acids is 1. The molecule has 0 radical (unpaired) electrons. The standard InChI is InChI=1S/C29H22ClN3O4/c1-16-10-11-18(12-17(16)2)23-14-20(30)15-24(27(23)34)31-32-26-22-8-3-4-9-25(22)33(28(26)35)21-7-5-6-19(13-21)29(36)37/h3-15,31,34H,1-2H3,(H,36,37). The molecule has 0 saturated carbocycles. The predicted octanol–water partition coefficient (Wildman–Crippen LogP) is 6.52. The zero-order chi connectivity index (χ0) is 26.3. The quantitative estimate of drug-likeness (QED) is 0.209. The predicted molar refractivity (Wildman–Crippen MR) is 145 cm³/mol. The lowest BCUT2D eigenvalue weighted by molar-refractivity contribution is -0.111. The molecule has 8 heteroatoms. The van der Waals surface area contributed by atoms with Gasteiger partial charge in [0, 0.05) is 16.1 Å². The average molecular weight is 512 g/mol. The maximum absolute atomic E-state index is 13.5. The number of para-hydroxylation sites is 1. The van der Waals surface area contributed by atoms with Crippen molar-refractivity contribution in [3.05, 3.63) is 106 Å². The summed E-state index contributed by atoms with van der Waals surface area (Å²) in [5.41, 5.74) is 8.32. The van der Waals surface area contributed by atoms with Crippen molar-refractivity contribution in [2.75, 3.05) is 10.3 Å². The number of hydrogen-bond acceptors (Lipinski definition) is 5. The van der Waals surface area contributed by atoms with Gasteiger partial charge in [0.25, 0.3) is 5.91 Å². The van der Waals surface area contributed by atoms with Crippen molar-refractivity contribution in [3.63, 3.8) is 0 Å². The maximum atomic E-state index is 13.5. The smallest absolute Gasteiger partial charge is 0.335 e. The summed E-state index contributed by atoms with van der Waals surface area (Å²) in [6.45, 7) is 4.00. The first-order valence-corrected chi connectivity index (χ1v) is 11.8. The molecule has 5 rings (SSSR count). The first kappa shape index (κ1) is 24.1. The van der Waals surface area contributed by atoms with Crippen molar-refractivity contribution >= 4 is 46.3 Å². The molecular weight excluding hydrogens is 490 g/mol. The van der Waals surface area contributed by atoms with Crippen molar-refractivity contribution in [3.8, 4) is 16.9 Å². The van der Waals surface area contributed by atoms with Crippen LogP contribution in [0.2, 0.25) is 5.02 Å². The number of benzene rings is 4. The van der Waals surface area contributed by atoms with E-state index in [1.807, 2.05) is 32.0 Å². The van der Waals surface area contributed by atoms with Gasteiger partial charge in [0.05, 0.1) is 16.9 Å². The lowest BCUT2D eigenvalue weighted by Gasteiger charge is -2.17. The molecule has 0 spiro atoms. The SMILES string of the molecule is Cc1ccc(-c2cc(Cl)cc(NN=C3C(=O)N(c4cccc(C(=O)O)c4)c4ccccc43)c2O)cc1C. The van der Waals surface area contributed by atoms with Gasteiger partial charge in [-0.1, -0.05) is 54.1 Å². The molecule has 7 nitrogen and oxygen atoms in total. The molecule has 1 aliphatic rings. The molecule has 1 heterocycles. The third-order valence-corrected chi connectivity index (χ3v) is 6.56. The Morgan fingerprint density at radius 1 is 0.919 bits per heavy atom. The summed E-state index contributed by atoms with van der Waals surface area (Å²) in [6, 6.07) is 22.3. The Morgan fingerprint density at radius 2 is 1.70 bits per heavy atom. The lowest BCUT2D eigenvalue weighted by Crippen LogP contribution is -2.26. The van der Waals surface area contributed by atoms with Crippen LogP contribution in [0.4, 0.5) is 17.1 Å². The number of hydrogen-bond donors (Lipinski definition) is 3. The van der Waals surface area contributed by atoms with Gasteiger partial charge in [-0.15, -0.1) is 0 Å². The molecule has 4 aromatic carbocycles. The number of carboxylic acids is 1. The van der Waals surface area contributed by atoms with Crippen LogP contribution in [0.5, 0.6) is 5.75 Å². The molecule has 1 aliphatic heterocycles. The van der Waals surface area contributed by atoms with Crippen LogP contribution in [0.1, 0.15) is 27.0 Å². The van der Waals surface area contributed by atoms with E-state index in [0.29, 0.717) is 27.5 Å². The summed E-state index contributed by atoms with van der Waals surface area (Å²) in [5.74, 6) is -1.58. The third kappa shape index (κ3) is 4.41. The highest BCUT2D eigenvalue weighted by atomic mass is 35.5. The van der Waals surface area contributed by atoms with Crippen molar-refractivity contribution in [1.29, 1.82) is 0 Å². The van der Waals surface area contributed by atoms with E-state index in [-0.39, 0.29) is 22.7 Å². The van der Waals surface area contributed by atoms with Gasteiger partial charge in [-0.2, -0.15) is 5.10 Å². The van der Waals surface area contributed by atoms with Crippen LogP contribution in [0.15, 0.2) is 84.0 Å². The Bertz CT molecular complexity index is 1610. The van der Waals surface area contributed by atoms with Gasteiger partial charge in [0.2, 0.25) is 0 Å². The number of nitrogens with zero attached hydrogens (tertiary/aromatic N) is 2. The van der Waals surface area contributed by atoms with E-state index in [1.165, 1.54) is 23.1 Å². The van der Waals surface area contributed by atoms with Crippen LogP contribution in [0, 0.1) is 13.8 Å². The lowest BCUT2D eigenvalue weighted by atomic mass is 9.99. The summed E-state index contributed by atoms with van der Waals surface area (Å²) in [4.78, 5) is 26.4. The van der Waals surface area contributed by atoms with E-state index in [9.17, 15) is 19.8 Å². The van der Waals surface area contributed by atoms with Gasteiger partial charge < -0.3 is 10.2 Å². The third-order valence-electron chi connectivity index (χ3n) is 6.34. The molecule has 0 bridgehead atoms. The van der Waals surface area contributed by atoms with Crippen LogP contribution < -0.4 is 10.3 Å². The largest absolute Gasteiger partial charge is 0.505 e. The van der Waals surface area contributed by atoms with Gasteiger partial charge in [-0.25, -0.2) is 4.79 Å². The fourth-order valence-corrected chi connectivity index (χ4v) is 4.49. The number of phenolic OH excluding ortho intramolecular Hbond substituents is 1. The number of rotatable bonds is 5. The zero-order valence-electron chi connectivity index (χ0n) is 20.0. The second-order valence-corrected chi connectivity index (χ2v) is 9.17. The van der Waals surface area contributed by atoms with Gasteiger partial charge in [0.15, 0.2) is 5.71 Å². The number of hydrazone groups is 1. The first-order valence-electron chi connectivity index (χ1n) is 11.5. The van der Waals surface area contributed by atoms with Crippen molar-refractivity contribution in [2.24, 2.45) is 5.10 Å². The van der Waals surface area contributed by atoms with E-state index in [2.05, 4.69) is 10.5 Å². The molecule has 0 aliphatic carbocycles. The van der Waals surface area contributed by atoms with E-state index in [1.54, 1.807) is 42.5 Å². The Morgan fingerprint density at radius 3 is 2.46 bits per heavy atom. The fourth-order valence-electron chi connectivity index (χ4n) is 4.27. The number of amides is 1. The molecular formula is C29H22ClN3O4. The first-order chi connectivity index (χ1) is 17.7. The van der Waals surface area contributed by atoms with Crippen LogP contribution >= 0.6 is 11.6 Å². The molecule has 0 saturated heterocycles. The number of carboxylic acid groups (broad SMARTS) is 1. The summed E-state index contributed by atoms with van der Waals surface area (Å²) in [6.07, 6.45) is 0. The Balaban J connectivity index is 1.54. The van der Waals surface area contributed by atoms with Gasteiger partial charge in [-0.05, 0) is 66.9 Å². The second-order valence-electron chi connectivity index (χ2n) is 8.73. The monoisotopic (exact) mass is 511 g/mol. The minimum atomic E-state index is -1.09. The summed E-state index contributed by atoms with van der Waals surface area (Å²) >= 11 is 6.37. The Labute approximate surface area is 218 Å². The van der Waals surface area contributed by atoms with E-state index < -0.39 is 11.9 Å². The Hall–Kier alpha value is -4.62. The van der Waals surface area contributed by atoms with Crippen molar-refractivity contribution in [1.82, 2.24) is 0 Å². The van der Waals surface area contributed by atoms with Crippen molar-refractivity contribution < 1.29 is 19.8 Å². The van der Waals surface area contributed by atoms with Crippen molar-refractivity contribution in [2.45, 2.75) is 13.8 Å². The molecule has 0 aromatic heterocycles. The maximum Gasteiger partial charge on any atom is 0.335 e. The number of carbonyl (C=O) groups excluding carboxylic acids is 1. The number of anilines is 3. The van der Waals surface area contributed by atoms with Crippen LogP contribution in [0.3, 0.4) is 0 Å². The van der Waals surface area contributed by atoms with E-state index >= 15 is 0 Å². The minimum Gasteiger partial charge on any atom is -0.505 e. The molecule has 1 amide bonds. The summed E-state index contributed by atoms with van der Waals surface area (Å²) in [7, 11) is 0. The topological polar surface area (TPSA) is 102 Å². The molecule has 4 aromatic rings. The zero-order valence-corrected chi connectivity index (χ0v) is 20.7. The number of fused-ring (bicyclic) bond motifs is 1. The Kier molecular flexibility index (Phi) is 6.15. The molecule has 0 fully saturated rings. The number of nitrogens with one attached hydrogen (secondary N) is 1. The van der Waals surface area contributed by atoms with Gasteiger partial charge in [0.1, 0.15) is 11.4 Å².